The molecule has 0 saturated carbocycles. The molecule has 1 aliphatic rings. The number of nitrogens with one attached hydrogen (secondary N) is 1. The number of sulfone groups is 1. The van der Waals surface area contributed by atoms with Crippen molar-refractivity contribution < 1.29 is 8.42 Å². The lowest BCUT2D eigenvalue weighted by Crippen LogP contribution is -2.44. The molecule has 28 heavy (non-hydrogen) atoms. The standard InChI is InChI=1S/C20H28N4O3S/c1-14-4-6-16(7-5-14)28(26,27)15(2)17-12-22-18(19(25)23-17)24-10-8-20(3,13-21)9-11-24/h4-7,12,15H,8-11,13,21H2,1-3H3,(H,23,25). The quantitative estimate of drug-likeness (QED) is 0.790. The Kier molecular flexibility index (Phi) is 5.63. The summed E-state index contributed by atoms with van der Waals surface area (Å²) in [5.74, 6) is 0.336. The maximum absolute atomic E-state index is 12.9. The van der Waals surface area contributed by atoms with Crippen molar-refractivity contribution in [2.45, 2.75) is 43.8 Å². The number of anilines is 1. The van der Waals surface area contributed by atoms with Gasteiger partial charge in [-0.05, 0) is 50.8 Å². The van der Waals surface area contributed by atoms with E-state index in [1.54, 1.807) is 31.2 Å². The Balaban J connectivity index is 1.82. The molecule has 1 aromatic heterocycles. The van der Waals surface area contributed by atoms with E-state index < -0.39 is 15.1 Å². The Morgan fingerprint density at radius 3 is 2.39 bits per heavy atom. The number of H-pyrrole nitrogens is 1. The Morgan fingerprint density at radius 2 is 1.86 bits per heavy atom. The number of hydrogen-bond donors (Lipinski definition) is 2. The number of rotatable bonds is 5. The van der Waals surface area contributed by atoms with E-state index in [2.05, 4.69) is 16.9 Å². The Hall–Kier alpha value is -2.19. The summed E-state index contributed by atoms with van der Waals surface area (Å²) in [5, 5.41) is -0.897. The van der Waals surface area contributed by atoms with E-state index in [1.165, 1.54) is 6.20 Å². The molecule has 1 aromatic carbocycles. The molecule has 0 aliphatic carbocycles. The first-order valence-corrected chi connectivity index (χ1v) is 11.1. The summed E-state index contributed by atoms with van der Waals surface area (Å²) in [6, 6.07) is 6.69. The second kappa shape index (κ2) is 7.67. The first kappa shape index (κ1) is 20.5. The summed E-state index contributed by atoms with van der Waals surface area (Å²) in [6.07, 6.45) is 3.25. The van der Waals surface area contributed by atoms with Crippen molar-refractivity contribution in [1.82, 2.24) is 9.97 Å². The van der Waals surface area contributed by atoms with Gasteiger partial charge in [-0.2, -0.15) is 0 Å². The van der Waals surface area contributed by atoms with Crippen LogP contribution in [0.2, 0.25) is 0 Å². The zero-order chi connectivity index (χ0) is 20.5. The van der Waals surface area contributed by atoms with Crippen molar-refractivity contribution in [3.8, 4) is 0 Å². The van der Waals surface area contributed by atoms with E-state index in [0.717, 1.165) is 18.4 Å². The number of nitrogens with zero attached hydrogens (tertiary/aromatic N) is 2. The molecule has 2 aromatic rings. The van der Waals surface area contributed by atoms with Gasteiger partial charge < -0.3 is 15.6 Å². The zero-order valence-corrected chi connectivity index (χ0v) is 17.4. The molecule has 3 rings (SSSR count). The molecule has 1 fully saturated rings. The van der Waals surface area contributed by atoms with Gasteiger partial charge in [0, 0.05) is 13.1 Å². The van der Waals surface area contributed by atoms with Gasteiger partial charge in [0.2, 0.25) is 0 Å². The molecule has 8 heteroatoms. The number of aryl methyl sites for hydroxylation is 1. The minimum Gasteiger partial charge on any atom is -0.352 e. The number of piperidine rings is 1. The molecule has 152 valence electrons. The second-order valence-corrected chi connectivity index (χ2v) is 10.3. The number of benzene rings is 1. The van der Waals surface area contributed by atoms with Crippen LogP contribution in [0.3, 0.4) is 0 Å². The molecule has 0 bridgehead atoms. The lowest BCUT2D eigenvalue weighted by Gasteiger charge is -2.38. The number of nitrogens with two attached hydrogens (primary N) is 1. The van der Waals surface area contributed by atoms with Gasteiger partial charge in [0.15, 0.2) is 15.7 Å². The van der Waals surface area contributed by atoms with Crippen molar-refractivity contribution in [1.29, 1.82) is 0 Å². The van der Waals surface area contributed by atoms with Crippen molar-refractivity contribution >= 4 is 15.7 Å². The van der Waals surface area contributed by atoms with Gasteiger partial charge in [-0.3, -0.25) is 4.79 Å². The van der Waals surface area contributed by atoms with Gasteiger partial charge in [0.1, 0.15) is 5.25 Å². The predicted octanol–water partition coefficient (Wildman–Crippen LogP) is 2.18. The third kappa shape index (κ3) is 3.98. The first-order chi connectivity index (χ1) is 13.2. The molecule has 1 atom stereocenters. The van der Waals surface area contributed by atoms with Crippen LogP contribution in [-0.4, -0.2) is 38.0 Å². The molecule has 0 amide bonds. The summed E-state index contributed by atoms with van der Waals surface area (Å²) < 4.78 is 25.7. The van der Waals surface area contributed by atoms with Crippen LogP contribution in [0.5, 0.6) is 0 Å². The lowest BCUT2D eigenvalue weighted by atomic mass is 9.80. The summed E-state index contributed by atoms with van der Waals surface area (Å²) in [6.45, 7) is 7.66. The fraction of sp³-hybridized carbons (Fsp3) is 0.500. The molecule has 2 heterocycles. The van der Waals surface area contributed by atoms with Crippen LogP contribution in [-0.2, 0) is 9.84 Å². The summed E-state index contributed by atoms with van der Waals surface area (Å²) in [7, 11) is -3.62. The highest BCUT2D eigenvalue weighted by Gasteiger charge is 2.31. The number of aromatic nitrogens is 2. The Bertz CT molecular complexity index is 991. The van der Waals surface area contributed by atoms with Crippen LogP contribution in [0.25, 0.3) is 0 Å². The smallest absolute Gasteiger partial charge is 0.291 e. The first-order valence-electron chi connectivity index (χ1n) is 9.51. The molecule has 7 nitrogen and oxygen atoms in total. The fourth-order valence-corrected chi connectivity index (χ4v) is 4.78. The van der Waals surface area contributed by atoms with E-state index >= 15 is 0 Å². The van der Waals surface area contributed by atoms with E-state index in [0.29, 0.717) is 25.5 Å². The van der Waals surface area contributed by atoms with Crippen LogP contribution in [0.4, 0.5) is 5.82 Å². The highest BCUT2D eigenvalue weighted by atomic mass is 32.2. The van der Waals surface area contributed by atoms with Gasteiger partial charge in [0.25, 0.3) is 5.56 Å². The van der Waals surface area contributed by atoms with E-state index in [4.69, 9.17) is 5.73 Å². The van der Waals surface area contributed by atoms with E-state index in [-0.39, 0.29) is 21.6 Å². The molecule has 1 aliphatic heterocycles. The van der Waals surface area contributed by atoms with Crippen molar-refractivity contribution in [3.63, 3.8) is 0 Å². The van der Waals surface area contributed by atoms with Crippen LogP contribution in [0.15, 0.2) is 40.2 Å². The van der Waals surface area contributed by atoms with Gasteiger partial charge in [-0.25, -0.2) is 13.4 Å². The normalized spacial score (nSPS) is 18.1. The Morgan fingerprint density at radius 1 is 1.25 bits per heavy atom. The van der Waals surface area contributed by atoms with Gasteiger partial charge in [0.05, 0.1) is 16.8 Å². The third-order valence-corrected chi connectivity index (χ3v) is 7.92. The number of aromatic amines is 1. The second-order valence-electron chi connectivity index (χ2n) is 7.99. The summed E-state index contributed by atoms with van der Waals surface area (Å²) in [5.41, 5.74) is 6.85. The molecule has 3 N–H and O–H groups in total. The molecule has 1 saturated heterocycles. The van der Waals surface area contributed by atoms with Crippen LogP contribution < -0.4 is 16.2 Å². The minimum absolute atomic E-state index is 0.0971. The van der Waals surface area contributed by atoms with E-state index in [9.17, 15) is 13.2 Å². The predicted molar refractivity (Wildman–Crippen MR) is 110 cm³/mol. The lowest BCUT2D eigenvalue weighted by molar-refractivity contribution is 0.257. The van der Waals surface area contributed by atoms with E-state index in [1.807, 2.05) is 11.8 Å². The highest BCUT2D eigenvalue weighted by Crippen LogP contribution is 2.31. The molecular weight excluding hydrogens is 376 g/mol. The molecule has 1 unspecified atom stereocenters. The largest absolute Gasteiger partial charge is 0.352 e. The maximum Gasteiger partial charge on any atom is 0.291 e. The van der Waals surface area contributed by atoms with Crippen LogP contribution in [0.1, 0.15) is 43.2 Å². The van der Waals surface area contributed by atoms with Gasteiger partial charge in [-0.1, -0.05) is 24.6 Å². The van der Waals surface area contributed by atoms with Crippen molar-refractivity contribution in [3.05, 3.63) is 52.1 Å². The summed E-state index contributed by atoms with van der Waals surface area (Å²) in [4.78, 5) is 21.8. The van der Waals surface area contributed by atoms with Crippen molar-refractivity contribution in [2.75, 3.05) is 24.5 Å². The fourth-order valence-electron chi connectivity index (χ4n) is 3.40. The average Bonchev–Trinajstić information content (AvgIpc) is 2.68. The van der Waals surface area contributed by atoms with Gasteiger partial charge in [-0.15, -0.1) is 0 Å². The SMILES string of the molecule is Cc1ccc(S(=O)(=O)C(C)c2cnc(N3CCC(C)(CN)CC3)c(=O)[nH]2)cc1. The third-order valence-electron chi connectivity index (χ3n) is 5.80. The molecule has 0 spiro atoms. The monoisotopic (exact) mass is 404 g/mol. The Labute approximate surface area is 165 Å². The highest BCUT2D eigenvalue weighted by molar-refractivity contribution is 7.91. The minimum atomic E-state index is -3.62. The maximum atomic E-state index is 12.9. The van der Waals surface area contributed by atoms with Crippen LogP contribution >= 0.6 is 0 Å². The molecule has 0 radical (unpaired) electrons. The number of hydrogen-bond acceptors (Lipinski definition) is 6. The average molecular weight is 405 g/mol. The topological polar surface area (TPSA) is 109 Å². The van der Waals surface area contributed by atoms with Crippen molar-refractivity contribution in [2.24, 2.45) is 11.1 Å². The molecular formula is C20H28N4O3S. The summed E-state index contributed by atoms with van der Waals surface area (Å²) >= 11 is 0. The van der Waals surface area contributed by atoms with Gasteiger partial charge >= 0.3 is 0 Å². The van der Waals surface area contributed by atoms with Crippen LogP contribution in [0, 0.1) is 12.3 Å². The zero-order valence-electron chi connectivity index (χ0n) is 16.6.